The molecule has 2 aromatic rings. The molecule has 2 rings (SSSR count). The van der Waals surface area contributed by atoms with E-state index in [0.717, 1.165) is 11.1 Å². The molecular formula is C33H48N6O6. The highest BCUT2D eigenvalue weighted by Crippen LogP contribution is 2.11. The van der Waals surface area contributed by atoms with Gasteiger partial charge in [0.25, 0.3) is 0 Å². The third-order valence-corrected chi connectivity index (χ3v) is 7.66. The van der Waals surface area contributed by atoms with Gasteiger partial charge in [0.05, 0.1) is 6.04 Å². The molecule has 0 bridgehead atoms. The summed E-state index contributed by atoms with van der Waals surface area (Å²) in [6, 6.07) is 13.1. The van der Waals surface area contributed by atoms with Crippen molar-refractivity contribution in [3.05, 3.63) is 71.8 Å². The number of benzene rings is 2. The van der Waals surface area contributed by atoms with E-state index in [1.165, 1.54) is 6.92 Å². The summed E-state index contributed by atoms with van der Waals surface area (Å²) in [6.07, 6.45) is 2.25. The zero-order valence-corrected chi connectivity index (χ0v) is 26.3. The van der Waals surface area contributed by atoms with E-state index in [4.69, 9.17) is 11.5 Å². The Hall–Kier alpha value is -4.29. The predicted octanol–water partition coefficient (Wildman–Crippen LogP) is 1.02. The van der Waals surface area contributed by atoms with E-state index in [0.29, 0.717) is 25.8 Å². The first-order chi connectivity index (χ1) is 21.5. The van der Waals surface area contributed by atoms with Crippen LogP contribution >= 0.6 is 0 Å². The van der Waals surface area contributed by atoms with Gasteiger partial charge in [-0.2, -0.15) is 0 Å². The van der Waals surface area contributed by atoms with Crippen molar-refractivity contribution >= 4 is 29.6 Å². The Morgan fingerprint density at radius 3 is 1.78 bits per heavy atom. The number of carboxylic acids is 1. The Morgan fingerprint density at radius 2 is 1.24 bits per heavy atom. The second kappa shape index (κ2) is 19.2. The van der Waals surface area contributed by atoms with E-state index in [1.807, 2.05) is 43.3 Å². The molecule has 0 aliphatic rings. The zero-order valence-electron chi connectivity index (χ0n) is 26.3. The van der Waals surface area contributed by atoms with Gasteiger partial charge in [0.1, 0.15) is 24.2 Å². The minimum absolute atomic E-state index is 0.0977. The molecule has 0 radical (unpaired) electrons. The second-order valence-electron chi connectivity index (χ2n) is 11.3. The molecule has 0 saturated carbocycles. The van der Waals surface area contributed by atoms with Gasteiger partial charge in [0.15, 0.2) is 0 Å². The fraction of sp³-hybridized carbons (Fsp3) is 0.485. The summed E-state index contributed by atoms with van der Waals surface area (Å²) >= 11 is 0. The quantitative estimate of drug-likeness (QED) is 0.112. The number of carboxylic acid groups (broad SMARTS) is 1. The summed E-state index contributed by atoms with van der Waals surface area (Å²) in [4.78, 5) is 64.7. The van der Waals surface area contributed by atoms with Crippen molar-refractivity contribution in [3.8, 4) is 0 Å². The van der Waals surface area contributed by atoms with Crippen LogP contribution in [-0.4, -0.2) is 71.5 Å². The van der Waals surface area contributed by atoms with Gasteiger partial charge in [-0.25, -0.2) is 4.79 Å². The first kappa shape index (κ1) is 36.9. The largest absolute Gasteiger partial charge is 0.480 e. The zero-order chi connectivity index (χ0) is 33.4. The molecule has 0 spiro atoms. The van der Waals surface area contributed by atoms with Crippen molar-refractivity contribution in [3.63, 3.8) is 0 Å². The van der Waals surface area contributed by atoms with Crippen LogP contribution in [0.4, 0.5) is 0 Å². The third kappa shape index (κ3) is 12.7. The van der Waals surface area contributed by atoms with Crippen LogP contribution in [0.5, 0.6) is 0 Å². The highest BCUT2D eigenvalue weighted by molar-refractivity contribution is 5.95. The van der Waals surface area contributed by atoms with Crippen LogP contribution in [0.3, 0.4) is 0 Å². The van der Waals surface area contributed by atoms with E-state index in [2.05, 4.69) is 21.3 Å². The summed E-state index contributed by atoms with van der Waals surface area (Å²) in [6.45, 7) is 5.43. The second-order valence-corrected chi connectivity index (χ2v) is 11.3. The van der Waals surface area contributed by atoms with Crippen LogP contribution in [0.2, 0.25) is 0 Å². The van der Waals surface area contributed by atoms with Crippen molar-refractivity contribution in [1.29, 1.82) is 0 Å². The summed E-state index contributed by atoms with van der Waals surface area (Å²) < 4.78 is 0. The van der Waals surface area contributed by atoms with E-state index < -0.39 is 59.8 Å². The van der Waals surface area contributed by atoms with Crippen molar-refractivity contribution in [2.75, 3.05) is 6.54 Å². The lowest BCUT2D eigenvalue weighted by atomic mass is 9.98. The van der Waals surface area contributed by atoms with Gasteiger partial charge in [-0.05, 0) is 56.2 Å². The maximum absolute atomic E-state index is 13.6. The molecule has 246 valence electrons. The number of aliphatic carboxylic acids is 1. The maximum Gasteiger partial charge on any atom is 0.326 e. The molecule has 0 aliphatic carbocycles. The highest BCUT2D eigenvalue weighted by Gasteiger charge is 2.32. The fourth-order valence-corrected chi connectivity index (χ4v) is 4.67. The van der Waals surface area contributed by atoms with Gasteiger partial charge in [-0.3, -0.25) is 19.2 Å². The van der Waals surface area contributed by atoms with Crippen LogP contribution < -0.4 is 32.7 Å². The van der Waals surface area contributed by atoms with Crippen LogP contribution in [0, 0.1) is 5.92 Å². The van der Waals surface area contributed by atoms with E-state index >= 15 is 0 Å². The molecule has 6 atom stereocenters. The molecule has 12 heteroatoms. The minimum Gasteiger partial charge on any atom is -0.480 e. The molecule has 0 heterocycles. The summed E-state index contributed by atoms with van der Waals surface area (Å²) in [7, 11) is 0. The number of rotatable bonds is 19. The molecule has 12 nitrogen and oxygen atoms in total. The van der Waals surface area contributed by atoms with Crippen molar-refractivity contribution < 1.29 is 29.1 Å². The van der Waals surface area contributed by atoms with E-state index in [9.17, 15) is 29.1 Å². The average molecular weight is 625 g/mol. The van der Waals surface area contributed by atoms with Gasteiger partial charge in [0.2, 0.25) is 23.6 Å². The average Bonchev–Trinajstić information content (AvgIpc) is 3.02. The lowest BCUT2D eigenvalue weighted by Gasteiger charge is -2.27. The number of unbranched alkanes of at least 4 members (excludes halogenated alkanes) is 1. The van der Waals surface area contributed by atoms with Crippen molar-refractivity contribution in [1.82, 2.24) is 21.3 Å². The molecule has 0 saturated heterocycles. The SMILES string of the molecule is CC[C@H](C)[C@H](NC(=O)[C@H](Cc1ccccc1)NC(=O)[C@H](CCCCN)NC(=O)[C@H](C)NC(=O)[C@@H](N)Cc1ccccc1)C(=O)O. The Kier molecular flexibility index (Phi) is 15.7. The molecule has 9 N–H and O–H groups in total. The van der Waals surface area contributed by atoms with E-state index in [1.54, 1.807) is 31.2 Å². The summed E-state index contributed by atoms with van der Waals surface area (Å²) in [5.41, 5.74) is 13.3. The molecule has 0 fully saturated rings. The Bertz CT molecular complexity index is 1240. The van der Waals surface area contributed by atoms with Gasteiger partial charge in [-0.15, -0.1) is 0 Å². The van der Waals surface area contributed by atoms with Gasteiger partial charge >= 0.3 is 5.97 Å². The number of nitrogens with one attached hydrogen (secondary N) is 4. The fourth-order valence-electron chi connectivity index (χ4n) is 4.67. The summed E-state index contributed by atoms with van der Waals surface area (Å²) in [5.74, 6) is -3.91. The maximum atomic E-state index is 13.6. The minimum atomic E-state index is -1.17. The van der Waals surface area contributed by atoms with Crippen molar-refractivity contribution in [2.24, 2.45) is 17.4 Å². The first-order valence-corrected chi connectivity index (χ1v) is 15.4. The van der Waals surface area contributed by atoms with Crippen molar-refractivity contribution in [2.45, 2.75) is 89.5 Å². The lowest BCUT2D eigenvalue weighted by molar-refractivity contribution is -0.143. The Morgan fingerprint density at radius 1 is 0.711 bits per heavy atom. The topological polar surface area (TPSA) is 206 Å². The van der Waals surface area contributed by atoms with Crippen LogP contribution in [-0.2, 0) is 36.8 Å². The van der Waals surface area contributed by atoms with Crippen LogP contribution in [0.25, 0.3) is 0 Å². The lowest BCUT2D eigenvalue weighted by Crippen LogP contribution is -2.59. The first-order valence-electron chi connectivity index (χ1n) is 15.4. The predicted molar refractivity (Wildman–Crippen MR) is 172 cm³/mol. The molecule has 4 amide bonds. The number of hydrogen-bond donors (Lipinski definition) is 7. The van der Waals surface area contributed by atoms with Gasteiger partial charge < -0.3 is 37.8 Å². The smallest absolute Gasteiger partial charge is 0.326 e. The molecule has 0 unspecified atom stereocenters. The molecule has 2 aromatic carbocycles. The number of amides is 4. The van der Waals surface area contributed by atoms with Gasteiger partial charge in [0, 0.05) is 6.42 Å². The van der Waals surface area contributed by atoms with Gasteiger partial charge in [-0.1, -0.05) is 80.9 Å². The molecular weight excluding hydrogens is 576 g/mol. The molecule has 45 heavy (non-hydrogen) atoms. The number of carbonyl (C=O) groups is 5. The standard InChI is InChI=1S/C33H48N6O6/c1-4-21(2)28(33(44)45)39-32(43)27(20-24-15-9-6-10-16-24)38-31(42)26(17-11-12-18-34)37-29(40)22(3)36-30(41)25(35)19-23-13-7-5-8-14-23/h5-10,13-16,21-22,25-28H,4,11-12,17-20,34-35H2,1-3H3,(H,36,41)(H,37,40)(H,38,42)(H,39,43)(H,44,45)/t21-,22-,25-,26-,27-,28-/m0/s1. The van der Waals surface area contributed by atoms with E-state index in [-0.39, 0.29) is 25.2 Å². The third-order valence-electron chi connectivity index (χ3n) is 7.66. The van der Waals surface area contributed by atoms with Crippen LogP contribution in [0.1, 0.15) is 57.6 Å². The molecule has 0 aliphatic heterocycles. The Balaban J connectivity index is 2.17. The normalized spacial score (nSPS) is 15.0. The monoisotopic (exact) mass is 624 g/mol. The highest BCUT2D eigenvalue weighted by atomic mass is 16.4. The number of hydrogen-bond acceptors (Lipinski definition) is 7. The summed E-state index contributed by atoms with van der Waals surface area (Å²) in [5, 5.41) is 20.3. The number of carbonyl (C=O) groups excluding carboxylic acids is 4. The molecule has 0 aromatic heterocycles. The number of nitrogens with two attached hydrogens (primary N) is 2. The Labute approximate surface area is 265 Å². The van der Waals surface area contributed by atoms with Crippen LogP contribution in [0.15, 0.2) is 60.7 Å².